The van der Waals surface area contributed by atoms with Gasteiger partial charge in [0.25, 0.3) is 0 Å². The van der Waals surface area contributed by atoms with E-state index in [1.165, 1.54) is 5.57 Å². The third-order valence-corrected chi connectivity index (χ3v) is 6.65. The summed E-state index contributed by atoms with van der Waals surface area (Å²) in [5.74, 6) is -0.527. The number of carboxylic acid groups (broad SMARTS) is 1. The lowest BCUT2D eigenvalue weighted by Gasteiger charge is -2.32. The third-order valence-electron chi connectivity index (χ3n) is 6.65. The zero-order valence-corrected chi connectivity index (χ0v) is 21.3. The molecule has 1 aliphatic carbocycles. The number of rotatable bonds is 7. The smallest absolute Gasteiger partial charge is 0.416 e. The molecule has 194 valence electrons. The number of aliphatic carboxylic acids is 1. The molecule has 0 atom stereocenters. The first kappa shape index (κ1) is 28.7. The van der Waals surface area contributed by atoms with Gasteiger partial charge in [0.05, 0.1) is 11.5 Å². The zero-order valence-electron chi connectivity index (χ0n) is 21.3. The number of hydrogen-bond donors (Lipinski definition) is 1. The number of carbonyl (C=O) groups is 1. The van der Waals surface area contributed by atoms with Crippen LogP contribution >= 0.6 is 0 Å². The summed E-state index contributed by atoms with van der Waals surface area (Å²) in [4.78, 5) is 12.1. The van der Waals surface area contributed by atoms with Crippen LogP contribution in [0.2, 0.25) is 0 Å². The number of ether oxygens (including phenoxy) is 1. The van der Waals surface area contributed by atoms with Crippen LogP contribution in [-0.4, -0.2) is 42.7 Å². The molecular weight excluding hydrogens is 455 g/mol. The third kappa shape index (κ3) is 8.88. The number of carboxylic acids is 1. The van der Waals surface area contributed by atoms with Crippen molar-refractivity contribution in [1.82, 2.24) is 4.90 Å². The molecule has 0 radical (unpaired) electrons. The molecule has 4 nitrogen and oxygen atoms in total. The van der Waals surface area contributed by atoms with E-state index in [0.717, 1.165) is 62.4 Å². The average molecular weight is 494 g/mol. The Kier molecular flexibility index (Phi) is 10.6. The molecule has 0 amide bonds. The number of alkyl halides is 3. The second kappa shape index (κ2) is 13.0. The molecule has 3 rings (SSSR count). The normalized spacial score (nSPS) is 17.6. The Morgan fingerprint density at radius 3 is 2.26 bits per heavy atom. The predicted octanol–water partition coefficient (Wildman–Crippen LogP) is 7.23. The van der Waals surface area contributed by atoms with E-state index in [9.17, 15) is 18.0 Å². The lowest BCUT2D eigenvalue weighted by molar-refractivity contribution is -0.146. The van der Waals surface area contributed by atoms with E-state index in [1.54, 1.807) is 18.2 Å². The van der Waals surface area contributed by atoms with Gasteiger partial charge in [-0.25, -0.2) is 0 Å². The molecular formula is C28H38F3NO3. The topological polar surface area (TPSA) is 49.8 Å². The summed E-state index contributed by atoms with van der Waals surface area (Å²) in [7, 11) is 1.92. The van der Waals surface area contributed by atoms with Crippen molar-refractivity contribution in [2.75, 3.05) is 26.7 Å². The number of halogens is 3. The van der Waals surface area contributed by atoms with Crippen molar-refractivity contribution in [3.63, 3.8) is 0 Å². The average Bonchev–Trinajstić information content (AvgIpc) is 2.79. The predicted molar refractivity (Wildman–Crippen MR) is 134 cm³/mol. The van der Waals surface area contributed by atoms with Crippen molar-refractivity contribution in [2.24, 2.45) is 5.92 Å². The van der Waals surface area contributed by atoms with Crippen LogP contribution in [0, 0.1) is 5.92 Å². The van der Waals surface area contributed by atoms with Gasteiger partial charge in [0.1, 0.15) is 12.4 Å². The summed E-state index contributed by atoms with van der Waals surface area (Å²) < 4.78 is 46.5. The second-order valence-electron chi connectivity index (χ2n) is 9.73. The van der Waals surface area contributed by atoms with Crippen molar-refractivity contribution in [2.45, 2.75) is 65.0 Å². The van der Waals surface area contributed by atoms with Crippen molar-refractivity contribution >= 4 is 5.97 Å². The number of nitrogens with zero attached hydrogens (tertiary/aromatic N) is 1. The highest BCUT2D eigenvalue weighted by Crippen LogP contribution is 2.42. The lowest BCUT2D eigenvalue weighted by atomic mass is 9.82. The summed E-state index contributed by atoms with van der Waals surface area (Å²) in [6.45, 7) is 11.4. The fourth-order valence-corrected chi connectivity index (χ4v) is 4.24. The molecule has 1 aromatic carbocycles. The molecule has 1 aromatic rings. The molecule has 0 spiro atoms. The summed E-state index contributed by atoms with van der Waals surface area (Å²) in [5, 5.41) is 8.32. The molecule has 7 heteroatoms. The first-order valence-electron chi connectivity index (χ1n) is 12.1. The fraction of sp³-hybridized carbons (Fsp3) is 0.536. The van der Waals surface area contributed by atoms with Crippen LogP contribution < -0.4 is 4.74 Å². The number of allylic oxidation sites excluding steroid dienone is 3. The minimum Gasteiger partial charge on any atom is -0.489 e. The van der Waals surface area contributed by atoms with Crippen molar-refractivity contribution in [3.05, 3.63) is 64.8 Å². The van der Waals surface area contributed by atoms with E-state index in [-0.39, 0.29) is 24.2 Å². The molecule has 2 aliphatic rings. The first-order valence-corrected chi connectivity index (χ1v) is 12.1. The standard InChI is InChI=1S/C23H29F3O.C5H9NO2/c1-5-18(13-17(4)16(2)3)15-27-20-11-12-21(19-9-7-6-8-10-19)22(14-20)23(24,25)26;1-6-2-4(3-6)5(7)8/h5,11-14,19H,1,6-10,15H2,2-4H3;4H,2-3H2,1H3,(H,7,8)/b18-13+;. The zero-order chi connectivity index (χ0) is 26.2. The van der Waals surface area contributed by atoms with Crippen LogP contribution in [0.4, 0.5) is 13.2 Å². The summed E-state index contributed by atoms with van der Waals surface area (Å²) in [6, 6.07) is 4.42. The maximum absolute atomic E-state index is 13.6. The molecule has 0 bridgehead atoms. The highest BCUT2D eigenvalue weighted by atomic mass is 19.4. The minimum absolute atomic E-state index is 0.00614. The van der Waals surface area contributed by atoms with Crippen LogP contribution in [0.5, 0.6) is 5.75 Å². The molecule has 2 fully saturated rings. The quantitative estimate of drug-likeness (QED) is 0.407. The van der Waals surface area contributed by atoms with Gasteiger partial charge in [-0.1, -0.05) is 55.2 Å². The van der Waals surface area contributed by atoms with E-state index in [1.807, 2.05) is 38.8 Å². The van der Waals surface area contributed by atoms with Crippen LogP contribution in [0.1, 0.15) is 69.9 Å². The van der Waals surface area contributed by atoms with Gasteiger partial charge in [0, 0.05) is 13.1 Å². The Bertz CT molecular complexity index is 933. The molecule has 1 heterocycles. The van der Waals surface area contributed by atoms with E-state index in [4.69, 9.17) is 9.84 Å². The Morgan fingerprint density at radius 2 is 1.80 bits per heavy atom. The van der Waals surface area contributed by atoms with E-state index in [0.29, 0.717) is 5.56 Å². The van der Waals surface area contributed by atoms with E-state index < -0.39 is 17.7 Å². The Labute approximate surface area is 207 Å². The monoisotopic (exact) mass is 493 g/mol. The summed E-state index contributed by atoms with van der Waals surface area (Å²) in [6.07, 6.45) is 4.01. The highest BCUT2D eigenvalue weighted by molar-refractivity contribution is 5.71. The summed E-state index contributed by atoms with van der Waals surface area (Å²) >= 11 is 0. The molecule has 1 N–H and O–H groups in total. The summed E-state index contributed by atoms with van der Waals surface area (Å²) in [5.41, 5.74) is 2.95. The molecule has 1 saturated carbocycles. The molecule has 0 aromatic heterocycles. The SMILES string of the molecule is C=C/C(=C\C(C)=C(C)C)COc1ccc(C2CCCCC2)c(C(F)(F)F)c1.CN1CC(C(=O)O)C1. The van der Waals surface area contributed by atoms with Crippen LogP contribution in [0.25, 0.3) is 0 Å². The van der Waals surface area contributed by atoms with Gasteiger partial charge < -0.3 is 14.7 Å². The largest absolute Gasteiger partial charge is 0.489 e. The molecule has 0 unspecified atom stereocenters. The fourth-order valence-electron chi connectivity index (χ4n) is 4.24. The van der Waals surface area contributed by atoms with Gasteiger partial charge in [0.15, 0.2) is 0 Å². The second-order valence-corrected chi connectivity index (χ2v) is 9.73. The van der Waals surface area contributed by atoms with Crippen LogP contribution in [0.15, 0.2) is 53.6 Å². The van der Waals surface area contributed by atoms with Gasteiger partial charge in [-0.3, -0.25) is 4.79 Å². The highest BCUT2D eigenvalue weighted by Gasteiger charge is 2.36. The van der Waals surface area contributed by atoms with Crippen molar-refractivity contribution in [3.8, 4) is 5.75 Å². The van der Waals surface area contributed by atoms with E-state index >= 15 is 0 Å². The van der Waals surface area contributed by atoms with Crippen molar-refractivity contribution in [1.29, 1.82) is 0 Å². The van der Waals surface area contributed by atoms with Crippen LogP contribution in [0.3, 0.4) is 0 Å². The number of likely N-dealkylation sites (tertiary alicyclic amines) is 1. The van der Waals surface area contributed by atoms with Crippen LogP contribution in [-0.2, 0) is 11.0 Å². The Morgan fingerprint density at radius 1 is 1.17 bits per heavy atom. The van der Waals surface area contributed by atoms with Gasteiger partial charge in [-0.15, -0.1) is 0 Å². The van der Waals surface area contributed by atoms with Gasteiger partial charge in [-0.05, 0) is 69.8 Å². The van der Waals surface area contributed by atoms with Gasteiger partial charge in [0.2, 0.25) is 0 Å². The molecule has 1 saturated heterocycles. The Balaban J connectivity index is 0.000000456. The molecule has 35 heavy (non-hydrogen) atoms. The van der Waals surface area contributed by atoms with Gasteiger partial charge >= 0.3 is 12.1 Å². The molecule has 1 aliphatic heterocycles. The number of hydrogen-bond acceptors (Lipinski definition) is 3. The maximum Gasteiger partial charge on any atom is 0.416 e. The lowest BCUT2D eigenvalue weighted by Crippen LogP contribution is -2.47. The van der Waals surface area contributed by atoms with Gasteiger partial charge in [-0.2, -0.15) is 13.2 Å². The van der Waals surface area contributed by atoms with E-state index in [2.05, 4.69) is 6.58 Å². The maximum atomic E-state index is 13.6. The van der Waals surface area contributed by atoms with Crippen molar-refractivity contribution < 1.29 is 27.8 Å². The first-order chi connectivity index (χ1) is 16.4. The minimum atomic E-state index is -4.37. The number of benzene rings is 1. The Hall–Kier alpha value is -2.54.